The summed E-state index contributed by atoms with van der Waals surface area (Å²) in [6, 6.07) is 6.27. The molecule has 0 atom stereocenters. The molecule has 0 radical (unpaired) electrons. The second kappa shape index (κ2) is 4.67. The third-order valence-corrected chi connectivity index (χ3v) is 3.64. The first-order valence-electron chi connectivity index (χ1n) is 6.41. The predicted molar refractivity (Wildman–Crippen MR) is 74.2 cm³/mol. The number of para-hydroxylation sites is 1. The molecule has 19 heavy (non-hydrogen) atoms. The molecule has 0 saturated heterocycles. The number of methoxy groups -OCH3 is 1. The standard InChI is InChI=1S/C16H17NO2/c1-10-5-4-6-13-15-11(2)14(9-18-3)17-7-12(15)8-19-16(10)13/h4-7H,8-9H2,1-3H3. The van der Waals surface area contributed by atoms with Crippen molar-refractivity contribution in [3.63, 3.8) is 0 Å². The Bertz CT molecular complexity index is 635. The third-order valence-electron chi connectivity index (χ3n) is 3.64. The number of rotatable bonds is 2. The van der Waals surface area contributed by atoms with E-state index >= 15 is 0 Å². The van der Waals surface area contributed by atoms with Crippen LogP contribution in [0.4, 0.5) is 0 Å². The van der Waals surface area contributed by atoms with Gasteiger partial charge in [-0.15, -0.1) is 0 Å². The Labute approximate surface area is 113 Å². The number of nitrogens with zero attached hydrogens (tertiary/aromatic N) is 1. The van der Waals surface area contributed by atoms with Crippen molar-refractivity contribution in [1.29, 1.82) is 0 Å². The minimum absolute atomic E-state index is 0.543. The Hall–Kier alpha value is -1.87. The van der Waals surface area contributed by atoms with Crippen molar-refractivity contribution in [2.45, 2.75) is 27.1 Å². The molecule has 1 aromatic heterocycles. The maximum Gasteiger partial charge on any atom is 0.130 e. The highest BCUT2D eigenvalue weighted by Gasteiger charge is 2.22. The molecule has 1 aliphatic heterocycles. The van der Waals surface area contributed by atoms with E-state index in [1.807, 2.05) is 6.20 Å². The lowest BCUT2D eigenvalue weighted by Gasteiger charge is -2.24. The van der Waals surface area contributed by atoms with Crippen LogP contribution in [0.5, 0.6) is 5.75 Å². The lowest BCUT2D eigenvalue weighted by Crippen LogP contribution is -2.11. The van der Waals surface area contributed by atoms with Gasteiger partial charge in [0, 0.05) is 24.4 Å². The highest BCUT2D eigenvalue weighted by Crippen LogP contribution is 2.41. The van der Waals surface area contributed by atoms with Crippen LogP contribution in [0, 0.1) is 13.8 Å². The van der Waals surface area contributed by atoms with Crippen LogP contribution in [-0.2, 0) is 18.0 Å². The average Bonchev–Trinajstić information content (AvgIpc) is 2.42. The van der Waals surface area contributed by atoms with Crippen LogP contribution in [0.1, 0.15) is 22.4 Å². The molecule has 0 N–H and O–H groups in total. The van der Waals surface area contributed by atoms with Gasteiger partial charge in [0.1, 0.15) is 12.4 Å². The van der Waals surface area contributed by atoms with Gasteiger partial charge in [-0.25, -0.2) is 0 Å². The summed E-state index contributed by atoms with van der Waals surface area (Å²) in [5, 5.41) is 0. The normalized spacial score (nSPS) is 12.6. The van der Waals surface area contributed by atoms with Crippen molar-refractivity contribution in [1.82, 2.24) is 4.98 Å². The molecule has 3 nitrogen and oxygen atoms in total. The van der Waals surface area contributed by atoms with Crippen LogP contribution in [0.2, 0.25) is 0 Å². The summed E-state index contributed by atoms with van der Waals surface area (Å²) in [7, 11) is 1.70. The van der Waals surface area contributed by atoms with Crippen LogP contribution < -0.4 is 4.74 Å². The molecule has 0 fully saturated rings. The topological polar surface area (TPSA) is 31.4 Å². The first kappa shape index (κ1) is 12.2. The fourth-order valence-corrected chi connectivity index (χ4v) is 2.66. The minimum Gasteiger partial charge on any atom is -0.488 e. The molecular weight excluding hydrogens is 238 g/mol. The zero-order valence-corrected chi connectivity index (χ0v) is 11.5. The maximum atomic E-state index is 5.86. The first-order chi connectivity index (χ1) is 9.22. The number of ether oxygens (including phenoxy) is 2. The molecule has 3 heteroatoms. The summed E-state index contributed by atoms with van der Waals surface area (Å²) in [6.07, 6.45) is 1.90. The van der Waals surface area contributed by atoms with Crippen molar-refractivity contribution < 1.29 is 9.47 Å². The Morgan fingerprint density at radius 3 is 2.95 bits per heavy atom. The quantitative estimate of drug-likeness (QED) is 0.824. The van der Waals surface area contributed by atoms with Crippen molar-refractivity contribution in [3.8, 4) is 16.9 Å². The van der Waals surface area contributed by atoms with Crippen LogP contribution in [0.15, 0.2) is 24.4 Å². The molecule has 3 rings (SSSR count). The Balaban J connectivity index is 2.24. The highest BCUT2D eigenvalue weighted by atomic mass is 16.5. The lowest BCUT2D eigenvalue weighted by atomic mass is 9.92. The van der Waals surface area contributed by atoms with E-state index in [2.05, 4.69) is 37.0 Å². The van der Waals surface area contributed by atoms with Gasteiger partial charge in [-0.1, -0.05) is 18.2 Å². The number of aryl methyl sites for hydroxylation is 1. The number of hydrogen-bond donors (Lipinski definition) is 0. The van der Waals surface area contributed by atoms with Gasteiger partial charge in [-0.05, 0) is 30.5 Å². The fraction of sp³-hybridized carbons (Fsp3) is 0.312. The van der Waals surface area contributed by atoms with E-state index in [-0.39, 0.29) is 0 Å². The number of hydrogen-bond acceptors (Lipinski definition) is 3. The van der Waals surface area contributed by atoms with Crippen LogP contribution in [-0.4, -0.2) is 12.1 Å². The molecule has 0 bridgehead atoms. The molecule has 2 aromatic rings. The number of fused-ring (bicyclic) bond motifs is 3. The largest absolute Gasteiger partial charge is 0.488 e. The van der Waals surface area contributed by atoms with Crippen LogP contribution >= 0.6 is 0 Å². The van der Waals surface area contributed by atoms with E-state index in [0.717, 1.165) is 17.0 Å². The van der Waals surface area contributed by atoms with Gasteiger partial charge >= 0.3 is 0 Å². The Morgan fingerprint density at radius 1 is 1.32 bits per heavy atom. The number of pyridine rings is 1. The summed E-state index contributed by atoms with van der Waals surface area (Å²) in [4.78, 5) is 4.47. The summed E-state index contributed by atoms with van der Waals surface area (Å²) >= 11 is 0. The summed E-state index contributed by atoms with van der Waals surface area (Å²) in [5.74, 6) is 0.993. The molecule has 98 valence electrons. The number of benzene rings is 1. The van der Waals surface area contributed by atoms with Crippen molar-refractivity contribution >= 4 is 0 Å². The van der Waals surface area contributed by atoms with E-state index < -0.39 is 0 Å². The monoisotopic (exact) mass is 255 g/mol. The number of aromatic nitrogens is 1. The lowest BCUT2D eigenvalue weighted by molar-refractivity contribution is 0.181. The van der Waals surface area contributed by atoms with Gasteiger partial charge in [0.05, 0.1) is 12.3 Å². The van der Waals surface area contributed by atoms with E-state index in [9.17, 15) is 0 Å². The SMILES string of the molecule is COCc1ncc2c(c1C)-c1cccc(C)c1OC2. The molecule has 0 amide bonds. The van der Waals surface area contributed by atoms with Crippen molar-refractivity contribution in [2.75, 3.05) is 7.11 Å². The van der Waals surface area contributed by atoms with Crippen molar-refractivity contribution in [2.24, 2.45) is 0 Å². The fourth-order valence-electron chi connectivity index (χ4n) is 2.66. The molecule has 2 heterocycles. The molecular formula is C16H17NO2. The van der Waals surface area contributed by atoms with Gasteiger partial charge in [0.15, 0.2) is 0 Å². The van der Waals surface area contributed by atoms with Crippen molar-refractivity contribution in [3.05, 3.63) is 46.8 Å². The summed E-state index contributed by atoms with van der Waals surface area (Å²) in [5.41, 5.74) is 6.93. The van der Waals surface area contributed by atoms with Gasteiger partial charge in [-0.2, -0.15) is 0 Å². The zero-order chi connectivity index (χ0) is 13.4. The Morgan fingerprint density at radius 2 is 2.16 bits per heavy atom. The second-order valence-corrected chi connectivity index (χ2v) is 4.90. The molecule has 0 saturated carbocycles. The third kappa shape index (κ3) is 1.90. The highest BCUT2D eigenvalue weighted by molar-refractivity contribution is 5.79. The van der Waals surface area contributed by atoms with Gasteiger partial charge in [0.25, 0.3) is 0 Å². The minimum atomic E-state index is 0.543. The van der Waals surface area contributed by atoms with Crippen LogP contribution in [0.3, 0.4) is 0 Å². The molecule has 1 aliphatic rings. The van der Waals surface area contributed by atoms with E-state index in [4.69, 9.17) is 9.47 Å². The Kier molecular flexibility index (Phi) is 2.99. The molecule has 0 spiro atoms. The van der Waals surface area contributed by atoms with Gasteiger partial charge in [0.2, 0.25) is 0 Å². The van der Waals surface area contributed by atoms with Crippen LogP contribution in [0.25, 0.3) is 11.1 Å². The second-order valence-electron chi connectivity index (χ2n) is 4.90. The maximum absolute atomic E-state index is 5.86. The van der Waals surface area contributed by atoms with E-state index in [0.29, 0.717) is 13.2 Å². The summed E-state index contributed by atoms with van der Waals surface area (Å²) in [6.45, 7) is 5.32. The molecule has 0 aliphatic carbocycles. The smallest absolute Gasteiger partial charge is 0.130 e. The van der Waals surface area contributed by atoms with E-state index in [1.54, 1.807) is 7.11 Å². The van der Waals surface area contributed by atoms with Gasteiger partial charge in [-0.3, -0.25) is 4.98 Å². The first-order valence-corrected chi connectivity index (χ1v) is 6.41. The zero-order valence-electron chi connectivity index (χ0n) is 11.5. The van der Waals surface area contributed by atoms with Gasteiger partial charge < -0.3 is 9.47 Å². The molecule has 0 unspecified atom stereocenters. The van der Waals surface area contributed by atoms with E-state index in [1.165, 1.54) is 22.3 Å². The predicted octanol–water partition coefficient (Wildman–Crippen LogP) is 3.40. The average molecular weight is 255 g/mol. The summed E-state index contributed by atoms with van der Waals surface area (Å²) < 4.78 is 11.1. The molecule has 1 aromatic carbocycles.